The molecule has 4 aromatic carbocycles. The van der Waals surface area contributed by atoms with Crippen molar-refractivity contribution in [2.75, 3.05) is 10.6 Å². The van der Waals surface area contributed by atoms with Crippen LogP contribution in [0.25, 0.3) is 0 Å². The van der Waals surface area contributed by atoms with Gasteiger partial charge in [-0.25, -0.2) is 9.59 Å². The van der Waals surface area contributed by atoms with Gasteiger partial charge in [-0.15, -0.1) is 0 Å². The van der Waals surface area contributed by atoms with Crippen molar-refractivity contribution in [3.8, 4) is 0 Å². The second kappa shape index (κ2) is 19.8. The summed E-state index contributed by atoms with van der Waals surface area (Å²) in [6.07, 6.45) is -2.77. The predicted molar refractivity (Wildman–Crippen MR) is 216 cm³/mol. The largest absolute Gasteiger partial charge is 0.444 e. The van der Waals surface area contributed by atoms with Crippen molar-refractivity contribution in [3.63, 3.8) is 0 Å². The fourth-order valence-electron chi connectivity index (χ4n) is 5.91. The summed E-state index contributed by atoms with van der Waals surface area (Å²) in [5.74, 6) is -1.17. The summed E-state index contributed by atoms with van der Waals surface area (Å²) in [5.41, 5.74) is 2.30. The Kier molecular flexibility index (Phi) is 14.5. The van der Waals surface area contributed by atoms with E-state index in [-0.39, 0.29) is 36.3 Å². The highest BCUT2D eigenvalue weighted by Gasteiger charge is 2.35. The van der Waals surface area contributed by atoms with Gasteiger partial charge in [-0.1, -0.05) is 78.9 Å². The number of nitrogens with zero attached hydrogens (tertiary/aromatic N) is 1. The third-order valence-electron chi connectivity index (χ3n) is 8.68. The van der Waals surface area contributed by atoms with Gasteiger partial charge in [0.2, 0.25) is 0 Å². The maximum Gasteiger partial charge on any atom is 0.412 e. The smallest absolute Gasteiger partial charge is 0.412 e. The van der Waals surface area contributed by atoms with Gasteiger partial charge in [0.25, 0.3) is 11.8 Å². The average molecular weight is 774 g/mol. The first-order valence-corrected chi connectivity index (χ1v) is 18.4. The summed E-state index contributed by atoms with van der Waals surface area (Å²) in [4.78, 5) is 56.7. The predicted octanol–water partition coefficient (Wildman–Crippen LogP) is 6.28. The number of aromatic nitrogens is 1. The van der Waals surface area contributed by atoms with Gasteiger partial charge in [0.1, 0.15) is 24.4 Å². The zero-order chi connectivity index (χ0) is 40.8. The molecule has 0 bridgehead atoms. The standard InChI is InChI=1S/C44H47N5O8/c1-44(2,3)57-43(55)46-32-23-21-31(22-24-32)40(52)47-36(26-29-14-6-4-7-15-29)38(50)39(51)37(27-30-16-8-5-9-17-30)48-41(53)34-19-10-11-20-35(34)49-42(54)56-28-33-18-12-13-25-45-33/h4-25,36-39,50-51H,26-28H2,1-3H3,(H,46,55)(H,47,52)(H,48,53)(H,49,54)/t36-,37-,38+,39-/m0/s1. The van der Waals surface area contributed by atoms with Crippen LogP contribution in [0.1, 0.15) is 58.3 Å². The van der Waals surface area contributed by atoms with E-state index in [4.69, 9.17) is 9.47 Å². The molecule has 4 atom stereocenters. The summed E-state index contributed by atoms with van der Waals surface area (Å²) >= 11 is 0. The van der Waals surface area contributed by atoms with E-state index in [1.807, 2.05) is 60.7 Å². The van der Waals surface area contributed by atoms with Crippen LogP contribution < -0.4 is 21.3 Å². The minimum Gasteiger partial charge on any atom is -0.444 e. The van der Waals surface area contributed by atoms with Gasteiger partial charge in [0.15, 0.2) is 0 Å². The fourth-order valence-corrected chi connectivity index (χ4v) is 5.91. The minimum absolute atomic E-state index is 0.0818. The molecule has 6 N–H and O–H groups in total. The number of para-hydroxylation sites is 1. The zero-order valence-electron chi connectivity index (χ0n) is 31.9. The van der Waals surface area contributed by atoms with Crippen molar-refractivity contribution in [2.24, 2.45) is 0 Å². The minimum atomic E-state index is -1.59. The van der Waals surface area contributed by atoms with Gasteiger partial charge in [-0.05, 0) is 93.3 Å². The van der Waals surface area contributed by atoms with Crippen molar-refractivity contribution in [1.29, 1.82) is 0 Å². The van der Waals surface area contributed by atoms with Crippen LogP contribution in [-0.4, -0.2) is 69.1 Å². The lowest BCUT2D eigenvalue weighted by Crippen LogP contribution is -2.57. The molecule has 1 aromatic heterocycles. The number of benzene rings is 4. The Morgan fingerprint density at radius 2 is 1.18 bits per heavy atom. The van der Waals surface area contributed by atoms with E-state index in [0.29, 0.717) is 11.4 Å². The summed E-state index contributed by atoms with van der Waals surface area (Å²) in [6, 6.07) is 33.9. The number of nitrogens with one attached hydrogen (secondary N) is 4. The van der Waals surface area contributed by atoms with Crippen LogP contribution in [0.15, 0.2) is 134 Å². The molecule has 0 unspecified atom stereocenters. The highest BCUT2D eigenvalue weighted by Crippen LogP contribution is 2.20. The highest BCUT2D eigenvalue weighted by atomic mass is 16.6. The lowest BCUT2D eigenvalue weighted by atomic mass is 9.90. The van der Waals surface area contributed by atoms with E-state index in [0.717, 1.165) is 11.1 Å². The third-order valence-corrected chi connectivity index (χ3v) is 8.68. The lowest BCUT2D eigenvalue weighted by Gasteiger charge is -2.33. The average Bonchev–Trinajstić information content (AvgIpc) is 3.20. The Morgan fingerprint density at radius 1 is 0.632 bits per heavy atom. The summed E-state index contributed by atoms with van der Waals surface area (Å²) in [5, 5.41) is 34.7. The normalized spacial score (nSPS) is 13.2. The maximum absolute atomic E-state index is 13.9. The number of carbonyl (C=O) groups excluding carboxylic acids is 4. The Balaban J connectivity index is 1.34. The molecule has 0 spiro atoms. The lowest BCUT2D eigenvalue weighted by molar-refractivity contribution is -0.0219. The molecule has 13 heteroatoms. The maximum atomic E-state index is 13.9. The van der Waals surface area contributed by atoms with E-state index in [1.54, 1.807) is 75.5 Å². The van der Waals surface area contributed by atoms with Crippen LogP contribution in [0.5, 0.6) is 0 Å². The molecular weight excluding hydrogens is 727 g/mol. The van der Waals surface area contributed by atoms with E-state index >= 15 is 0 Å². The van der Waals surface area contributed by atoms with Crippen molar-refractivity contribution in [3.05, 3.63) is 162 Å². The quantitative estimate of drug-likeness (QED) is 0.0712. The molecule has 5 aromatic rings. The zero-order valence-corrected chi connectivity index (χ0v) is 31.9. The first-order chi connectivity index (χ1) is 27.3. The molecule has 5 rings (SSSR count). The molecule has 0 aliphatic rings. The van der Waals surface area contributed by atoms with E-state index in [1.165, 1.54) is 18.2 Å². The van der Waals surface area contributed by atoms with Crippen molar-refractivity contribution >= 4 is 35.4 Å². The topological polar surface area (TPSA) is 188 Å². The molecule has 13 nitrogen and oxygen atoms in total. The van der Waals surface area contributed by atoms with Gasteiger partial charge >= 0.3 is 12.2 Å². The van der Waals surface area contributed by atoms with Gasteiger partial charge in [0, 0.05) is 17.4 Å². The van der Waals surface area contributed by atoms with Crippen LogP contribution in [0.2, 0.25) is 0 Å². The van der Waals surface area contributed by atoms with Crippen molar-refractivity contribution in [2.45, 2.75) is 70.1 Å². The van der Waals surface area contributed by atoms with Gasteiger partial charge < -0.3 is 30.3 Å². The number of pyridine rings is 1. The molecule has 0 fully saturated rings. The van der Waals surface area contributed by atoms with Crippen LogP contribution in [0.4, 0.5) is 21.0 Å². The third kappa shape index (κ3) is 13.0. The number of ether oxygens (including phenoxy) is 2. The Morgan fingerprint density at radius 3 is 1.74 bits per heavy atom. The molecule has 57 heavy (non-hydrogen) atoms. The molecule has 1 heterocycles. The van der Waals surface area contributed by atoms with Crippen LogP contribution in [-0.2, 0) is 28.9 Å². The summed E-state index contributed by atoms with van der Waals surface area (Å²) < 4.78 is 10.6. The molecule has 0 saturated carbocycles. The van der Waals surface area contributed by atoms with Gasteiger partial charge in [-0.3, -0.25) is 25.2 Å². The second-order valence-corrected chi connectivity index (χ2v) is 14.3. The molecule has 0 radical (unpaired) electrons. The van der Waals surface area contributed by atoms with Crippen molar-refractivity contribution in [1.82, 2.24) is 15.6 Å². The molecule has 0 aliphatic carbocycles. The Labute approximate surface area is 331 Å². The first kappa shape index (κ1) is 41.6. The number of aliphatic hydroxyl groups excluding tert-OH is 2. The number of hydrogen-bond donors (Lipinski definition) is 6. The molecule has 4 amide bonds. The number of anilines is 2. The molecule has 0 saturated heterocycles. The summed E-state index contributed by atoms with van der Waals surface area (Å²) in [7, 11) is 0. The van der Waals surface area contributed by atoms with E-state index in [9.17, 15) is 29.4 Å². The van der Waals surface area contributed by atoms with Crippen molar-refractivity contribution < 1.29 is 38.9 Å². The number of carbonyl (C=O) groups is 4. The summed E-state index contributed by atoms with van der Waals surface area (Å²) in [6.45, 7) is 5.17. The van der Waals surface area contributed by atoms with Crippen LogP contribution in [0, 0.1) is 0 Å². The Hall–Kier alpha value is -6.57. The molecule has 296 valence electrons. The van der Waals surface area contributed by atoms with Crippen LogP contribution in [0.3, 0.4) is 0 Å². The Bertz CT molecular complexity index is 2080. The van der Waals surface area contributed by atoms with Gasteiger partial charge in [0.05, 0.1) is 29.0 Å². The number of rotatable bonds is 15. The van der Waals surface area contributed by atoms with Crippen LogP contribution >= 0.6 is 0 Å². The second-order valence-electron chi connectivity index (χ2n) is 14.3. The SMILES string of the molecule is CC(C)(C)OC(=O)Nc1ccc(C(=O)N[C@@H](Cc2ccccc2)[C@@H](O)[C@@H](O)[C@H](Cc2ccccc2)NC(=O)c2ccccc2NC(=O)OCc2ccccn2)cc1. The first-order valence-electron chi connectivity index (χ1n) is 18.4. The van der Waals surface area contributed by atoms with Gasteiger partial charge in [-0.2, -0.15) is 0 Å². The van der Waals surface area contributed by atoms with E-state index in [2.05, 4.69) is 26.3 Å². The van der Waals surface area contributed by atoms with E-state index < -0.39 is 53.9 Å². The highest BCUT2D eigenvalue weighted by molar-refractivity contribution is 6.02. The number of hydrogen-bond acceptors (Lipinski definition) is 9. The molecular formula is C44H47N5O8. The number of amides is 4. The molecule has 0 aliphatic heterocycles. The number of aliphatic hydroxyl groups is 2. The monoisotopic (exact) mass is 773 g/mol. The fraction of sp³-hybridized carbons (Fsp3) is 0.250.